The summed E-state index contributed by atoms with van der Waals surface area (Å²) >= 11 is 0. The molecule has 1 aromatic carbocycles. The van der Waals surface area contributed by atoms with Gasteiger partial charge in [0, 0.05) is 20.1 Å². The van der Waals surface area contributed by atoms with Crippen LogP contribution in [0, 0.1) is 12.7 Å². The first kappa shape index (κ1) is 18.0. The Balaban J connectivity index is 1.91. The van der Waals surface area contributed by atoms with Crippen molar-refractivity contribution >= 4 is 5.96 Å². The minimum absolute atomic E-state index is 0.103. The van der Waals surface area contributed by atoms with Crippen molar-refractivity contribution in [2.75, 3.05) is 27.7 Å². The summed E-state index contributed by atoms with van der Waals surface area (Å²) in [5, 5.41) is 6.54. The predicted molar refractivity (Wildman–Crippen MR) is 94.5 cm³/mol. The van der Waals surface area contributed by atoms with Crippen molar-refractivity contribution in [2.45, 2.75) is 19.5 Å². The van der Waals surface area contributed by atoms with E-state index in [1.807, 2.05) is 32.3 Å². The zero-order valence-corrected chi connectivity index (χ0v) is 14.6. The van der Waals surface area contributed by atoms with Gasteiger partial charge in [0.25, 0.3) is 0 Å². The Hall–Kier alpha value is -2.34. The van der Waals surface area contributed by atoms with Gasteiger partial charge >= 0.3 is 0 Å². The number of hydrogen-bond donors (Lipinski definition) is 2. The van der Waals surface area contributed by atoms with Crippen molar-refractivity contribution in [3.63, 3.8) is 0 Å². The summed E-state index contributed by atoms with van der Waals surface area (Å²) in [6, 6.07) is 9.04. The van der Waals surface area contributed by atoms with E-state index in [4.69, 9.17) is 4.42 Å². The molecule has 0 saturated heterocycles. The molecule has 2 rings (SSSR count). The molecule has 1 heterocycles. The molecule has 0 spiro atoms. The number of aliphatic imine (C=N–C) groups is 1. The van der Waals surface area contributed by atoms with Gasteiger partial charge in [0.2, 0.25) is 0 Å². The molecule has 0 saturated carbocycles. The Morgan fingerprint density at radius 1 is 1.29 bits per heavy atom. The number of likely N-dealkylation sites (N-methyl/N-ethyl adjacent to an activating group) is 1. The lowest BCUT2D eigenvalue weighted by Gasteiger charge is -2.23. The fourth-order valence-electron chi connectivity index (χ4n) is 2.44. The van der Waals surface area contributed by atoms with Gasteiger partial charge in [-0.2, -0.15) is 0 Å². The average Bonchev–Trinajstić information content (AvgIpc) is 3.07. The molecular formula is C18H25FN4O. The van der Waals surface area contributed by atoms with Gasteiger partial charge in [0.05, 0.1) is 12.3 Å². The second kappa shape index (κ2) is 8.49. The first-order chi connectivity index (χ1) is 11.5. The Morgan fingerprint density at radius 2 is 2.08 bits per heavy atom. The molecule has 5 nitrogen and oxygen atoms in total. The maximum atomic E-state index is 13.3. The van der Waals surface area contributed by atoms with Crippen LogP contribution in [0.2, 0.25) is 0 Å². The van der Waals surface area contributed by atoms with Crippen LogP contribution >= 0.6 is 0 Å². The first-order valence-electron chi connectivity index (χ1n) is 7.90. The van der Waals surface area contributed by atoms with Crippen LogP contribution in [0.3, 0.4) is 0 Å². The summed E-state index contributed by atoms with van der Waals surface area (Å²) in [6.45, 7) is 2.99. The van der Waals surface area contributed by atoms with Gasteiger partial charge in [0.15, 0.2) is 5.96 Å². The third-order valence-electron chi connectivity index (χ3n) is 3.86. The van der Waals surface area contributed by atoms with Crippen molar-refractivity contribution in [1.29, 1.82) is 0 Å². The maximum Gasteiger partial charge on any atom is 0.191 e. The standard InChI is InChI=1S/C18H25FN4O/c1-13-10-14(7-8-15(13)19)11-21-18(20-2)22-12-16(23(3)4)17-6-5-9-24-17/h5-10,16H,11-12H2,1-4H3,(H2,20,21,22). The minimum Gasteiger partial charge on any atom is -0.468 e. The Labute approximate surface area is 142 Å². The van der Waals surface area contributed by atoms with Crippen molar-refractivity contribution in [1.82, 2.24) is 15.5 Å². The highest BCUT2D eigenvalue weighted by molar-refractivity contribution is 5.79. The van der Waals surface area contributed by atoms with Crippen LogP contribution in [0.5, 0.6) is 0 Å². The molecule has 1 atom stereocenters. The molecule has 6 heteroatoms. The van der Waals surface area contributed by atoms with Gasteiger partial charge in [-0.05, 0) is 50.3 Å². The Kier molecular flexibility index (Phi) is 6.37. The van der Waals surface area contributed by atoms with Crippen LogP contribution in [-0.4, -0.2) is 38.5 Å². The van der Waals surface area contributed by atoms with E-state index in [1.165, 1.54) is 6.07 Å². The molecule has 0 bridgehead atoms. The summed E-state index contributed by atoms with van der Waals surface area (Å²) in [4.78, 5) is 6.31. The number of aryl methyl sites for hydroxylation is 1. The van der Waals surface area contributed by atoms with E-state index < -0.39 is 0 Å². The molecule has 0 amide bonds. The number of furan rings is 1. The zero-order valence-electron chi connectivity index (χ0n) is 14.6. The third-order valence-corrected chi connectivity index (χ3v) is 3.86. The molecule has 2 aromatic rings. The summed E-state index contributed by atoms with van der Waals surface area (Å²) in [5.41, 5.74) is 1.65. The SMILES string of the molecule is CN=C(NCc1ccc(F)c(C)c1)NCC(c1ccco1)N(C)C. The number of halogens is 1. The summed E-state index contributed by atoms with van der Waals surface area (Å²) < 4.78 is 18.8. The van der Waals surface area contributed by atoms with E-state index in [-0.39, 0.29) is 11.9 Å². The zero-order chi connectivity index (χ0) is 17.5. The number of guanidine groups is 1. The van der Waals surface area contributed by atoms with Crippen molar-refractivity contribution in [2.24, 2.45) is 4.99 Å². The lowest BCUT2D eigenvalue weighted by molar-refractivity contribution is 0.258. The normalized spacial score (nSPS) is 13.2. The lowest BCUT2D eigenvalue weighted by atomic mass is 10.1. The maximum absolute atomic E-state index is 13.3. The highest BCUT2D eigenvalue weighted by atomic mass is 19.1. The molecule has 24 heavy (non-hydrogen) atoms. The molecule has 0 radical (unpaired) electrons. The first-order valence-corrected chi connectivity index (χ1v) is 7.90. The Morgan fingerprint density at radius 3 is 2.67 bits per heavy atom. The summed E-state index contributed by atoms with van der Waals surface area (Å²) in [5.74, 6) is 1.40. The van der Waals surface area contributed by atoms with Crippen LogP contribution in [0.15, 0.2) is 46.0 Å². The van der Waals surface area contributed by atoms with Gasteiger partial charge in [-0.15, -0.1) is 0 Å². The second-order valence-electron chi connectivity index (χ2n) is 5.89. The number of hydrogen-bond acceptors (Lipinski definition) is 3. The number of rotatable bonds is 6. The molecular weight excluding hydrogens is 307 g/mol. The molecule has 0 fully saturated rings. The van der Waals surface area contributed by atoms with Gasteiger partial charge < -0.3 is 15.1 Å². The Bertz CT molecular complexity index is 668. The van der Waals surface area contributed by atoms with Crippen molar-refractivity contribution in [3.8, 4) is 0 Å². The smallest absolute Gasteiger partial charge is 0.191 e. The molecule has 0 aliphatic rings. The van der Waals surface area contributed by atoms with Crippen LogP contribution in [0.1, 0.15) is 22.9 Å². The van der Waals surface area contributed by atoms with Crippen LogP contribution < -0.4 is 10.6 Å². The molecule has 1 aromatic heterocycles. The monoisotopic (exact) mass is 332 g/mol. The van der Waals surface area contributed by atoms with Crippen molar-refractivity contribution < 1.29 is 8.81 Å². The fourth-order valence-corrected chi connectivity index (χ4v) is 2.44. The molecule has 130 valence electrons. The lowest BCUT2D eigenvalue weighted by Crippen LogP contribution is -2.41. The molecule has 2 N–H and O–H groups in total. The topological polar surface area (TPSA) is 52.8 Å². The number of nitrogens with zero attached hydrogens (tertiary/aromatic N) is 2. The summed E-state index contributed by atoms with van der Waals surface area (Å²) in [6.07, 6.45) is 1.68. The number of nitrogens with one attached hydrogen (secondary N) is 2. The largest absolute Gasteiger partial charge is 0.468 e. The van der Waals surface area contributed by atoms with Crippen molar-refractivity contribution in [3.05, 3.63) is 59.3 Å². The van der Waals surface area contributed by atoms with E-state index in [1.54, 1.807) is 26.3 Å². The fraction of sp³-hybridized carbons (Fsp3) is 0.389. The van der Waals surface area contributed by atoms with Gasteiger partial charge in [-0.1, -0.05) is 12.1 Å². The summed E-state index contributed by atoms with van der Waals surface area (Å²) in [7, 11) is 5.74. The van der Waals surface area contributed by atoms with Gasteiger partial charge in [0.1, 0.15) is 11.6 Å². The van der Waals surface area contributed by atoms with E-state index >= 15 is 0 Å². The highest BCUT2D eigenvalue weighted by Gasteiger charge is 2.17. The predicted octanol–water partition coefficient (Wildman–Crippen LogP) is 2.70. The van der Waals surface area contributed by atoms with Gasteiger partial charge in [-0.3, -0.25) is 9.89 Å². The minimum atomic E-state index is -0.187. The molecule has 0 aliphatic carbocycles. The quantitative estimate of drug-likeness (QED) is 0.631. The van der Waals surface area contributed by atoms with E-state index in [0.717, 1.165) is 11.3 Å². The van der Waals surface area contributed by atoms with E-state index in [9.17, 15) is 4.39 Å². The van der Waals surface area contributed by atoms with E-state index in [2.05, 4.69) is 20.5 Å². The second-order valence-corrected chi connectivity index (χ2v) is 5.89. The van der Waals surface area contributed by atoms with Gasteiger partial charge in [-0.25, -0.2) is 4.39 Å². The van der Waals surface area contributed by atoms with E-state index in [0.29, 0.717) is 24.6 Å². The molecule has 1 unspecified atom stereocenters. The molecule has 0 aliphatic heterocycles. The number of benzene rings is 1. The average molecular weight is 332 g/mol. The van der Waals surface area contributed by atoms with Crippen LogP contribution in [-0.2, 0) is 6.54 Å². The van der Waals surface area contributed by atoms with Crippen LogP contribution in [0.4, 0.5) is 4.39 Å². The highest BCUT2D eigenvalue weighted by Crippen LogP contribution is 2.17. The van der Waals surface area contributed by atoms with Crippen LogP contribution in [0.25, 0.3) is 0 Å². The third kappa shape index (κ3) is 4.83.